The molecule has 0 amide bonds. The van der Waals surface area contributed by atoms with Crippen molar-refractivity contribution >= 4 is 10.0 Å². The highest BCUT2D eigenvalue weighted by atomic mass is 32.2. The third-order valence-electron chi connectivity index (χ3n) is 3.90. The Kier molecular flexibility index (Phi) is 5.40. The molecule has 21 heavy (non-hydrogen) atoms. The van der Waals surface area contributed by atoms with E-state index in [2.05, 4.69) is 24.3 Å². The number of aromatic nitrogens is 2. The normalized spacial score (nSPS) is 20.5. The Balaban J connectivity index is 2.05. The maximum atomic E-state index is 12.7. The molecule has 0 radical (unpaired) electrons. The van der Waals surface area contributed by atoms with Crippen molar-refractivity contribution in [2.24, 2.45) is 0 Å². The number of rotatable bonds is 7. The Morgan fingerprint density at radius 1 is 1.48 bits per heavy atom. The zero-order valence-corrected chi connectivity index (χ0v) is 13.9. The monoisotopic (exact) mass is 314 g/mol. The standard InChI is InChI=1S/C14H26N4O2S/c1-4-13-6-5-8-18(13)21(19,20)14-10-16-17(11-14)9-7-15-12(2)3/h10-13,15H,4-9H2,1-3H3. The molecule has 1 N–H and O–H groups in total. The highest BCUT2D eigenvalue weighted by Crippen LogP contribution is 2.27. The third-order valence-corrected chi connectivity index (χ3v) is 5.81. The molecule has 1 fully saturated rings. The van der Waals surface area contributed by atoms with Crippen LogP contribution in [0.4, 0.5) is 0 Å². The molecule has 7 heteroatoms. The molecule has 1 aromatic rings. The zero-order chi connectivity index (χ0) is 15.5. The van der Waals surface area contributed by atoms with Crippen molar-refractivity contribution in [2.45, 2.75) is 63.6 Å². The van der Waals surface area contributed by atoms with Crippen LogP contribution in [0, 0.1) is 0 Å². The van der Waals surface area contributed by atoms with Crippen LogP contribution in [-0.2, 0) is 16.6 Å². The van der Waals surface area contributed by atoms with Crippen LogP contribution in [0.5, 0.6) is 0 Å². The summed E-state index contributed by atoms with van der Waals surface area (Å²) in [6, 6.07) is 0.555. The summed E-state index contributed by atoms with van der Waals surface area (Å²) < 4.78 is 28.6. The van der Waals surface area contributed by atoms with Gasteiger partial charge in [0, 0.05) is 31.4 Å². The molecule has 1 aliphatic heterocycles. The van der Waals surface area contributed by atoms with Gasteiger partial charge in [-0.3, -0.25) is 4.68 Å². The summed E-state index contributed by atoms with van der Waals surface area (Å²) in [4.78, 5) is 0.312. The summed E-state index contributed by atoms with van der Waals surface area (Å²) in [6.07, 6.45) is 5.89. The lowest BCUT2D eigenvalue weighted by atomic mass is 10.2. The van der Waals surface area contributed by atoms with Crippen molar-refractivity contribution in [1.82, 2.24) is 19.4 Å². The van der Waals surface area contributed by atoms with Gasteiger partial charge in [-0.05, 0) is 19.3 Å². The smallest absolute Gasteiger partial charge is 0.246 e. The van der Waals surface area contributed by atoms with E-state index in [0.717, 1.165) is 25.8 Å². The average molecular weight is 314 g/mol. The molecule has 0 spiro atoms. The van der Waals surface area contributed by atoms with Gasteiger partial charge in [0.2, 0.25) is 10.0 Å². The Morgan fingerprint density at radius 2 is 2.24 bits per heavy atom. The van der Waals surface area contributed by atoms with Crippen LogP contribution < -0.4 is 5.32 Å². The van der Waals surface area contributed by atoms with Crippen LogP contribution in [0.1, 0.15) is 40.0 Å². The van der Waals surface area contributed by atoms with Crippen molar-refractivity contribution < 1.29 is 8.42 Å². The summed E-state index contributed by atoms with van der Waals surface area (Å²) in [6.45, 7) is 8.28. The summed E-state index contributed by atoms with van der Waals surface area (Å²) in [7, 11) is -3.39. The highest BCUT2D eigenvalue weighted by Gasteiger charge is 2.34. The number of hydrogen-bond donors (Lipinski definition) is 1. The van der Waals surface area contributed by atoms with Gasteiger partial charge in [-0.15, -0.1) is 0 Å². The fraction of sp³-hybridized carbons (Fsp3) is 0.786. The van der Waals surface area contributed by atoms with E-state index in [1.54, 1.807) is 15.2 Å². The van der Waals surface area contributed by atoms with Crippen LogP contribution in [0.15, 0.2) is 17.3 Å². The second kappa shape index (κ2) is 6.89. The van der Waals surface area contributed by atoms with Gasteiger partial charge in [0.05, 0.1) is 12.7 Å². The van der Waals surface area contributed by atoms with Gasteiger partial charge in [-0.1, -0.05) is 20.8 Å². The molecule has 0 aliphatic carbocycles. The quantitative estimate of drug-likeness (QED) is 0.827. The van der Waals surface area contributed by atoms with E-state index >= 15 is 0 Å². The first-order valence-corrected chi connectivity index (χ1v) is 9.17. The molecule has 6 nitrogen and oxygen atoms in total. The van der Waals surface area contributed by atoms with Crippen LogP contribution in [0.3, 0.4) is 0 Å². The predicted molar refractivity (Wildman–Crippen MR) is 82.6 cm³/mol. The molecular formula is C14H26N4O2S. The van der Waals surface area contributed by atoms with E-state index in [0.29, 0.717) is 24.0 Å². The Morgan fingerprint density at radius 3 is 2.90 bits per heavy atom. The first-order valence-electron chi connectivity index (χ1n) is 7.72. The van der Waals surface area contributed by atoms with Gasteiger partial charge in [0.1, 0.15) is 4.90 Å². The summed E-state index contributed by atoms with van der Waals surface area (Å²) >= 11 is 0. The molecule has 1 unspecified atom stereocenters. The fourth-order valence-electron chi connectivity index (χ4n) is 2.74. The average Bonchev–Trinajstić information content (AvgIpc) is 3.07. The van der Waals surface area contributed by atoms with E-state index in [1.165, 1.54) is 6.20 Å². The van der Waals surface area contributed by atoms with Crippen molar-refractivity contribution in [1.29, 1.82) is 0 Å². The second-order valence-electron chi connectivity index (χ2n) is 5.87. The lowest BCUT2D eigenvalue weighted by molar-refractivity contribution is 0.379. The number of hydrogen-bond acceptors (Lipinski definition) is 4. The molecule has 2 rings (SSSR count). The van der Waals surface area contributed by atoms with Gasteiger partial charge in [0.25, 0.3) is 0 Å². The van der Waals surface area contributed by atoms with Gasteiger partial charge in [0.15, 0.2) is 0 Å². The van der Waals surface area contributed by atoms with Crippen molar-refractivity contribution in [3.8, 4) is 0 Å². The van der Waals surface area contributed by atoms with E-state index in [4.69, 9.17) is 0 Å². The van der Waals surface area contributed by atoms with E-state index in [-0.39, 0.29) is 6.04 Å². The molecule has 1 atom stereocenters. The summed E-state index contributed by atoms with van der Waals surface area (Å²) in [5.41, 5.74) is 0. The molecule has 1 aliphatic rings. The molecule has 2 heterocycles. The zero-order valence-electron chi connectivity index (χ0n) is 13.1. The minimum absolute atomic E-state index is 0.140. The molecular weight excluding hydrogens is 288 g/mol. The molecule has 120 valence electrons. The largest absolute Gasteiger partial charge is 0.313 e. The minimum Gasteiger partial charge on any atom is -0.313 e. The van der Waals surface area contributed by atoms with Crippen LogP contribution in [0.25, 0.3) is 0 Å². The topological polar surface area (TPSA) is 67.2 Å². The molecule has 0 bridgehead atoms. The number of nitrogens with zero attached hydrogens (tertiary/aromatic N) is 3. The Labute approximate surface area is 127 Å². The fourth-order valence-corrected chi connectivity index (χ4v) is 4.46. The van der Waals surface area contributed by atoms with Gasteiger partial charge in [-0.2, -0.15) is 9.40 Å². The SMILES string of the molecule is CCC1CCCN1S(=O)(=O)c1cnn(CCNC(C)C)c1. The van der Waals surface area contributed by atoms with Crippen LogP contribution >= 0.6 is 0 Å². The maximum absolute atomic E-state index is 12.7. The predicted octanol–water partition coefficient (Wildman–Crippen LogP) is 1.44. The second-order valence-corrected chi connectivity index (χ2v) is 7.76. The first-order chi connectivity index (χ1) is 9.95. The summed E-state index contributed by atoms with van der Waals surface area (Å²) in [5.74, 6) is 0. The number of sulfonamides is 1. The molecule has 1 aromatic heterocycles. The lowest BCUT2D eigenvalue weighted by Crippen LogP contribution is -2.34. The van der Waals surface area contributed by atoms with Crippen molar-refractivity contribution in [3.63, 3.8) is 0 Å². The van der Waals surface area contributed by atoms with E-state index in [1.807, 2.05) is 6.92 Å². The van der Waals surface area contributed by atoms with Crippen molar-refractivity contribution in [2.75, 3.05) is 13.1 Å². The summed E-state index contributed by atoms with van der Waals surface area (Å²) in [5, 5.41) is 7.46. The minimum atomic E-state index is -3.39. The van der Waals surface area contributed by atoms with E-state index in [9.17, 15) is 8.42 Å². The maximum Gasteiger partial charge on any atom is 0.246 e. The van der Waals surface area contributed by atoms with Gasteiger partial charge < -0.3 is 5.32 Å². The highest BCUT2D eigenvalue weighted by molar-refractivity contribution is 7.89. The van der Waals surface area contributed by atoms with Crippen LogP contribution in [-0.4, -0.2) is 47.7 Å². The lowest BCUT2D eigenvalue weighted by Gasteiger charge is -2.21. The third kappa shape index (κ3) is 3.84. The first kappa shape index (κ1) is 16.5. The van der Waals surface area contributed by atoms with Gasteiger partial charge in [-0.25, -0.2) is 8.42 Å². The van der Waals surface area contributed by atoms with E-state index < -0.39 is 10.0 Å². The van der Waals surface area contributed by atoms with Crippen LogP contribution in [0.2, 0.25) is 0 Å². The Hall–Kier alpha value is -0.920. The molecule has 0 aromatic carbocycles. The van der Waals surface area contributed by atoms with Gasteiger partial charge >= 0.3 is 0 Å². The Bertz CT molecular complexity index is 553. The molecule has 0 saturated carbocycles. The number of nitrogens with one attached hydrogen (secondary N) is 1. The van der Waals surface area contributed by atoms with Crippen molar-refractivity contribution in [3.05, 3.63) is 12.4 Å². The molecule has 1 saturated heterocycles.